The van der Waals surface area contributed by atoms with Crippen LogP contribution in [0.4, 0.5) is 4.79 Å². The summed E-state index contributed by atoms with van der Waals surface area (Å²) in [4.78, 5) is 23.0. The van der Waals surface area contributed by atoms with Crippen LogP contribution in [0.15, 0.2) is 0 Å². The van der Waals surface area contributed by atoms with Crippen molar-refractivity contribution in [1.29, 1.82) is 0 Å². The first-order valence-electron chi connectivity index (χ1n) is 6.49. The van der Waals surface area contributed by atoms with Gasteiger partial charge in [0.2, 0.25) is 0 Å². The summed E-state index contributed by atoms with van der Waals surface area (Å²) in [6.45, 7) is 0.647. The molecule has 1 aliphatic carbocycles. The normalized spacial score (nSPS) is 25.9. The van der Waals surface area contributed by atoms with E-state index in [0.29, 0.717) is 25.3 Å². The summed E-state index contributed by atoms with van der Waals surface area (Å²) in [5.41, 5.74) is -1.03. The minimum absolute atomic E-state index is 0.337. The molecule has 6 heteroatoms. The maximum absolute atomic E-state index is 11.8. The molecule has 5 nitrogen and oxygen atoms in total. The van der Waals surface area contributed by atoms with Crippen LogP contribution in [-0.2, 0) is 4.79 Å². The van der Waals surface area contributed by atoms with Crippen LogP contribution in [0, 0.1) is 5.92 Å². The number of amides is 2. The molecule has 1 saturated carbocycles. The monoisotopic (exact) mass is 272 g/mol. The average molecular weight is 272 g/mol. The quantitative estimate of drug-likeness (QED) is 0.723. The summed E-state index contributed by atoms with van der Waals surface area (Å²) >= 11 is 1.91. The second kappa shape index (κ2) is 5.82. The predicted octanol–water partition coefficient (Wildman–Crippen LogP) is 1.44. The number of hydrogen-bond acceptors (Lipinski definition) is 3. The smallest absolute Gasteiger partial charge is 0.329 e. The van der Waals surface area contributed by atoms with Crippen LogP contribution in [0.2, 0.25) is 0 Å². The van der Waals surface area contributed by atoms with Crippen molar-refractivity contribution < 1.29 is 14.7 Å². The number of hydrogen-bond donors (Lipinski definition) is 3. The van der Waals surface area contributed by atoms with E-state index in [1.54, 1.807) is 0 Å². The Kier molecular flexibility index (Phi) is 4.37. The molecule has 0 spiro atoms. The number of thioether (sulfide) groups is 1. The highest BCUT2D eigenvalue weighted by atomic mass is 32.2. The molecule has 2 rings (SSSR count). The summed E-state index contributed by atoms with van der Waals surface area (Å²) in [6.07, 6.45) is 3.94. The van der Waals surface area contributed by atoms with Crippen molar-refractivity contribution in [2.75, 3.05) is 18.1 Å². The Morgan fingerprint density at radius 3 is 2.61 bits per heavy atom. The van der Waals surface area contributed by atoms with Crippen LogP contribution in [-0.4, -0.2) is 40.7 Å². The fourth-order valence-electron chi connectivity index (χ4n) is 2.61. The Balaban J connectivity index is 1.80. The number of rotatable bonds is 4. The van der Waals surface area contributed by atoms with Gasteiger partial charge in [-0.05, 0) is 36.7 Å². The third kappa shape index (κ3) is 3.10. The number of carboxylic acid groups (broad SMARTS) is 1. The molecule has 0 radical (unpaired) electrons. The van der Waals surface area contributed by atoms with Gasteiger partial charge < -0.3 is 15.7 Å². The molecular formula is C12H20N2O3S. The number of nitrogens with one attached hydrogen (secondary N) is 2. The van der Waals surface area contributed by atoms with E-state index in [0.717, 1.165) is 30.8 Å². The lowest BCUT2D eigenvalue weighted by Gasteiger charge is -2.25. The zero-order valence-electron chi connectivity index (χ0n) is 10.4. The van der Waals surface area contributed by atoms with Gasteiger partial charge >= 0.3 is 12.0 Å². The van der Waals surface area contributed by atoms with Crippen LogP contribution < -0.4 is 10.6 Å². The lowest BCUT2D eigenvalue weighted by molar-refractivity contribution is -0.144. The van der Waals surface area contributed by atoms with Crippen LogP contribution in [0.5, 0.6) is 0 Å². The van der Waals surface area contributed by atoms with Crippen molar-refractivity contribution in [3.8, 4) is 0 Å². The van der Waals surface area contributed by atoms with E-state index in [2.05, 4.69) is 10.6 Å². The molecule has 0 bridgehead atoms. The second-order valence-electron chi connectivity index (χ2n) is 5.16. The Morgan fingerprint density at radius 1 is 1.33 bits per heavy atom. The van der Waals surface area contributed by atoms with Gasteiger partial charge in [-0.15, -0.1) is 0 Å². The number of aliphatic carboxylic acids is 1. The molecule has 102 valence electrons. The maximum Gasteiger partial charge on any atom is 0.329 e. The molecule has 0 aromatic rings. The van der Waals surface area contributed by atoms with Crippen molar-refractivity contribution in [1.82, 2.24) is 10.6 Å². The fraction of sp³-hybridized carbons (Fsp3) is 0.833. The van der Waals surface area contributed by atoms with Crippen molar-refractivity contribution in [3.05, 3.63) is 0 Å². The lowest BCUT2D eigenvalue weighted by Crippen LogP contribution is -2.55. The predicted molar refractivity (Wildman–Crippen MR) is 70.8 cm³/mol. The molecule has 1 saturated heterocycles. The zero-order chi connectivity index (χ0) is 13.0. The van der Waals surface area contributed by atoms with E-state index in [1.807, 2.05) is 11.8 Å². The number of carbonyl (C=O) groups is 2. The molecule has 0 aromatic heterocycles. The fourth-order valence-corrected chi connectivity index (χ4v) is 3.90. The van der Waals surface area contributed by atoms with E-state index in [9.17, 15) is 14.7 Å². The summed E-state index contributed by atoms with van der Waals surface area (Å²) < 4.78 is 0. The van der Waals surface area contributed by atoms with Gasteiger partial charge in [-0.25, -0.2) is 9.59 Å². The molecule has 1 atom stereocenters. The Hall–Kier alpha value is -0.910. The molecule has 18 heavy (non-hydrogen) atoms. The van der Waals surface area contributed by atoms with Gasteiger partial charge in [-0.2, -0.15) is 11.8 Å². The van der Waals surface area contributed by atoms with Crippen molar-refractivity contribution in [2.45, 2.75) is 37.6 Å². The summed E-state index contributed by atoms with van der Waals surface area (Å²) in [5, 5.41) is 14.7. The highest BCUT2D eigenvalue weighted by molar-refractivity contribution is 7.99. The third-order valence-corrected chi connectivity index (χ3v) is 5.03. The Labute approximate surface area is 111 Å². The van der Waals surface area contributed by atoms with Gasteiger partial charge in [0.05, 0.1) is 0 Å². The molecule has 2 amide bonds. The van der Waals surface area contributed by atoms with E-state index in [4.69, 9.17) is 0 Å². The van der Waals surface area contributed by atoms with Crippen LogP contribution in [0.25, 0.3) is 0 Å². The number of carbonyl (C=O) groups excluding carboxylic acids is 1. The Bertz CT molecular complexity index is 323. The molecule has 2 aliphatic rings. The first-order chi connectivity index (χ1) is 8.62. The van der Waals surface area contributed by atoms with Crippen LogP contribution in [0.3, 0.4) is 0 Å². The second-order valence-corrected chi connectivity index (χ2v) is 6.31. The summed E-state index contributed by atoms with van der Waals surface area (Å²) in [6, 6.07) is -0.337. The summed E-state index contributed by atoms with van der Waals surface area (Å²) in [5.74, 6) is 1.87. The molecule has 1 unspecified atom stereocenters. The van der Waals surface area contributed by atoms with Gasteiger partial charge in [-0.3, -0.25) is 0 Å². The topological polar surface area (TPSA) is 78.4 Å². The molecule has 1 aliphatic heterocycles. The maximum atomic E-state index is 11.8. The van der Waals surface area contributed by atoms with E-state index in [-0.39, 0.29) is 6.03 Å². The molecule has 3 N–H and O–H groups in total. The third-order valence-electron chi connectivity index (χ3n) is 3.79. The van der Waals surface area contributed by atoms with Crippen molar-refractivity contribution in [2.24, 2.45) is 5.92 Å². The van der Waals surface area contributed by atoms with Crippen molar-refractivity contribution >= 4 is 23.8 Å². The lowest BCUT2D eigenvalue weighted by atomic mass is 9.98. The SMILES string of the molecule is O=C(NCC1CCSC1)NC1(C(=O)O)CCCC1. The van der Waals surface area contributed by atoms with Crippen molar-refractivity contribution in [3.63, 3.8) is 0 Å². The van der Waals surface area contributed by atoms with Gasteiger partial charge in [0.15, 0.2) is 0 Å². The van der Waals surface area contributed by atoms with Crippen LogP contribution in [0.1, 0.15) is 32.1 Å². The summed E-state index contributed by atoms with van der Waals surface area (Å²) in [7, 11) is 0. The molecule has 0 aromatic carbocycles. The van der Waals surface area contributed by atoms with E-state index < -0.39 is 11.5 Å². The highest BCUT2D eigenvalue weighted by Crippen LogP contribution is 2.29. The van der Waals surface area contributed by atoms with Gasteiger partial charge in [0.25, 0.3) is 0 Å². The standard InChI is InChI=1S/C12H20N2O3S/c15-10(16)12(4-1-2-5-12)14-11(17)13-7-9-3-6-18-8-9/h9H,1-8H2,(H,15,16)(H2,13,14,17). The Morgan fingerprint density at radius 2 is 2.06 bits per heavy atom. The first kappa shape index (κ1) is 13.5. The number of urea groups is 1. The van der Waals surface area contributed by atoms with Gasteiger partial charge in [0.1, 0.15) is 5.54 Å². The van der Waals surface area contributed by atoms with Crippen LogP contribution >= 0.6 is 11.8 Å². The molecule has 2 fully saturated rings. The minimum atomic E-state index is -1.03. The van der Waals surface area contributed by atoms with Gasteiger partial charge in [-0.1, -0.05) is 12.8 Å². The minimum Gasteiger partial charge on any atom is -0.480 e. The molecule has 1 heterocycles. The number of carboxylic acids is 1. The average Bonchev–Trinajstić information content (AvgIpc) is 2.97. The van der Waals surface area contributed by atoms with Gasteiger partial charge in [0, 0.05) is 6.54 Å². The van der Waals surface area contributed by atoms with E-state index >= 15 is 0 Å². The van der Waals surface area contributed by atoms with E-state index in [1.165, 1.54) is 0 Å². The zero-order valence-corrected chi connectivity index (χ0v) is 11.2. The largest absolute Gasteiger partial charge is 0.480 e. The highest BCUT2D eigenvalue weighted by Gasteiger charge is 2.42. The molecular weight excluding hydrogens is 252 g/mol. The first-order valence-corrected chi connectivity index (χ1v) is 7.65.